The molecule has 0 fully saturated rings. The van der Waals surface area contributed by atoms with Crippen LogP contribution >= 0.6 is 0 Å². The van der Waals surface area contributed by atoms with Crippen LogP contribution in [0.4, 0.5) is 0 Å². The molecule has 8 aromatic rings. The Balaban J connectivity index is 0.000000147. The minimum atomic E-state index is -3.31. The van der Waals surface area contributed by atoms with Crippen LogP contribution in [0.25, 0.3) is 57.5 Å². The van der Waals surface area contributed by atoms with Crippen LogP contribution in [-0.2, 0) is 20.3 Å². The molecule has 3 aromatic heterocycles. The zero-order valence-electron chi connectivity index (χ0n) is 30.2. The summed E-state index contributed by atoms with van der Waals surface area (Å²) in [4.78, 5) is 16.5. The summed E-state index contributed by atoms with van der Waals surface area (Å²) in [7, 11) is 0. The van der Waals surface area contributed by atoms with Gasteiger partial charge in [0.15, 0.2) is 0 Å². The Morgan fingerprint density at radius 3 is 1.11 bits per heavy atom. The molecule has 2 aliphatic rings. The van der Waals surface area contributed by atoms with Gasteiger partial charge in [0.2, 0.25) is 0 Å². The predicted molar refractivity (Wildman–Crippen MR) is 229 cm³/mol. The van der Waals surface area contributed by atoms with Gasteiger partial charge in [-0.3, -0.25) is 0 Å². The van der Waals surface area contributed by atoms with Crippen LogP contribution in [0.15, 0.2) is 194 Å². The standard InChI is InChI=1S/C26H18N4.4C6H5.Zr/c1-2-4-17(5-3-1)25-15-24-14-22-9-8-20(28-22)12-18-6-7-19(27-18)13-21-10-11-23(29-21)16-26(25)30-24;4*1-2-4-6-5-3-1;/h1-16,27,30H;4*1-5H;. The Kier molecular flexibility index (Phi) is 9.69. The zero-order chi connectivity index (χ0) is 36.9. The molecule has 55 heavy (non-hydrogen) atoms. The number of hydrogen-bond acceptors (Lipinski definition) is 2. The maximum atomic E-state index is 4.77. The maximum absolute atomic E-state index is 4.77. The van der Waals surface area contributed by atoms with Crippen LogP contribution in [0.2, 0.25) is 0 Å². The van der Waals surface area contributed by atoms with E-state index in [2.05, 4.69) is 192 Å². The SMILES string of the molecule is C1=Cc2cc3cc(-c4ccccc4)c(cc4nc(cc5ccc(cc1n2)[nH]5)C=C4)[nH]3.c1cc[c]([Zr]([c]2ccccc2)([c]2ccccc2)[c]2ccccc2)cc1. The number of nitrogens with zero attached hydrogens (tertiary/aromatic N) is 2. The van der Waals surface area contributed by atoms with E-state index in [1.165, 1.54) is 18.6 Å². The van der Waals surface area contributed by atoms with Gasteiger partial charge >= 0.3 is 155 Å². The Morgan fingerprint density at radius 2 is 0.691 bits per heavy atom. The molecule has 8 bridgehead atoms. The average molecular weight is 786 g/mol. The van der Waals surface area contributed by atoms with Gasteiger partial charge in [-0.1, -0.05) is 30.3 Å². The first-order valence-electron chi connectivity index (χ1n) is 18.6. The van der Waals surface area contributed by atoms with E-state index in [-0.39, 0.29) is 0 Å². The van der Waals surface area contributed by atoms with Crippen molar-refractivity contribution in [1.29, 1.82) is 0 Å². The van der Waals surface area contributed by atoms with E-state index in [1.807, 2.05) is 36.4 Å². The van der Waals surface area contributed by atoms with Crippen molar-refractivity contribution in [2.24, 2.45) is 0 Å². The first kappa shape index (κ1) is 34.4. The number of H-pyrrole nitrogens is 2. The summed E-state index contributed by atoms with van der Waals surface area (Å²) >= 11 is -3.31. The van der Waals surface area contributed by atoms with Crippen LogP contribution in [0, 0.1) is 0 Å². The molecule has 4 nitrogen and oxygen atoms in total. The molecule has 5 heterocycles. The number of aromatic amines is 2. The third kappa shape index (κ3) is 7.27. The molecule has 5 aromatic carbocycles. The molecule has 262 valence electrons. The molecule has 0 radical (unpaired) electrons. The first-order valence-corrected chi connectivity index (χ1v) is 23.5. The molecular weight excluding hydrogens is 748 g/mol. The van der Waals surface area contributed by atoms with E-state index < -0.39 is 20.3 Å². The van der Waals surface area contributed by atoms with Crippen LogP contribution in [0.1, 0.15) is 22.8 Å². The summed E-state index contributed by atoms with van der Waals surface area (Å²) in [5.74, 6) is 0. The van der Waals surface area contributed by atoms with Crippen molar-refractivity contribution in [3.05, 3.63) is 217 Å². The fourth-order valence-corrected chi connectivity index (χ4v) is 19.4. The van der Waals surface area contributed by atoms with Crippen molar-refractivity contribution in [2.75, 3.05) is 0 Å². The second-order valence-corrected chi connectivity index (χ2v) is 23.0. The number of nitrogens with one attached hydrogen (secondary N) is 2. The zero-order valence-corrected chi connectivity index (χ0v) is 32.6. The molecule has 0 spiro atoms. The van der Waals surface area contributed by atoms with E-state index in [0.717, 1.165) is 50.4 Å². The fourth-order valence-electron chi connectivity index (χ4n) is 7.63. The molecule has 0 saturated heterocycles. The van der Waals surface area contributed by atoms with Crippen LogP contribution in [-0.4, -0.2) is 19.9 Å². The van der Waals surface area contributed by atoms with Gasteiger partial charge in [0.1, 0.15) is 0 Å². The summed E-state index contributed by atoms with van der Waals surface area (Å²) in [6.45, 7) is 0. The number of rotatable bonds is 5. The average Bonchev–Trinajstić information content (AvgIpc) is 4.07. The molecule has 0 amide bonds. The third-order valence-corrected chi connectivity index (χ3v) is 21.9. The van der Waals surface area contributed by atoms with Gasteiger partial charge in [0.25, 0.3) is 0 Å². The van der Waals surface area contributed by atoms with E-state index in [9.17, 15) is 0 Å². The number of benzene rings is 5. The second kappa shape index (κ2) is 15.5. The van der Waals surface area contributed by atoms with Gasteiger partial charge in [-0.05, 0) is 72.3 Å². The Labute approximate surface area is 325 Å². The third-order valence-electron chi connectivity index (χ3n) is 10.1. The Bertz CT molecular complexity index is 2630. The summed E-state index contributed by atoms with van der Waals surface area (Å²) in [6, 6.07) is 69.4. The molecule has 0 unspecified atom stereocenters. The van der Waals surface area contributed by atoms with Gasteiger partial charge in [-0.15, -0.1) is 0 Å². The summed E-state index contributed by atoms with van der Waals surface area (Å²) in [6.07, 6.45) is 8.16. The van der Waals surface area contributed by atoms with E-state index in [4.69, 9.17) is 9.97 Å². The quantitative estimate of drug-likeness (QED) is 0.183. The minimum absolute atomic E-state index is 0.922. The number of hydrogen-bond donors (Lipinski definition) is 2. The van der Waals surface area contributed by atoms with Crippen LogP contribution < -0.4 is 13.1 Å². The van der Waals surface area contributed by atoms with Gasteiger partial charge in [0, 0.05) is 27.6 Å². The molecular formula is C50H38N4Zr. The van der Waals surface area contributed by atoms with E-state index in [0.29, 0.717) is 0 Å². The second-order valence-electron chi connectivity index (χ2n) is 13.7. The first-order chi connectivity index (χ1) is 27.2. The van der Waals surface area contributed by atoms with Gasteiger partial charge < -0.3 is 9.97 Å². The van der Waals surface area contributed by atoms with E-state index >= 15 is 0 Å². The van der Waals surface area contributed by atoms with Crippen LogP contribution in [0.5, 0.6) is 0 Å². The summed E-state index contributed by atoms with van der Waals surface area (Å²) < 4.78 is 5.95. The molecule has 0 aliphatic carbocycles. The topological polar surface area (TPSA) is 57.4 Å². The Morgan fingerprint density at radius 1 is 0.327 bits per heavy atom. The number of aromatic nitrogens is 4. The van der Waals surface area contributed by atoms with Crippen molar-refractivity contribution < 1.29 is 20.3 Å². The molecule has 0 saturated carbocycles. The molecule has 2 aliphatic heterocycles. The van der Waals surface area contributed by atoms with Crippen molar-refractivity contribution in [1.82, 2.24) is 19.9 Å². The normalized spacial score (nSPS) is 11.9. The molecule has 0 atom stereocenters. The van der Waals surface area contributed by atoms with E-state index in [1.54, 1.807) is 0 Å². The van der Waals surface area contributed by atoms with Crippen molar-refractivity contribution in [3.8, 4) is 11.1 Å². The molecule has 2 N–H and O–H groups in total. The Hall–Kier alpha value is -6.42. The fraction of sp³-hybridized carbons (Fsp3) is 0. The molecule has 10 rings (SSSR count). The van der Waals surface area contributed by atoms with Crippen molar-refractivity contribution in [3.63, 3.8) is 0 Å². The van der Waals surface area contributed by atoms with Crippen molar-refractivity contribution in [2.45, 2.75) is 0 Å². The number of fused-ring (bicyclic) bond motifs is 8. The summed E-state index contributed by atoms with van der Waals surface area (Å²) in [5, 5.41) is 0. The van der Waals surface area contributed by atoms with Gasteiger partial charge in [0.05, 0.1) is 22.8 Å². The predicted octanol–water partition coefficient (Wildman–Crippen LogP) is 9.76. The monoisotopic (exact) mass is 784 g/mol. The summed E-state index contributed by atoms with van der Waals surface area (Å²) in [5.41, 5.74) is 10.1. The van der Waals surface area contributed by atoms with Crippen LogP contribution in [0.3, 0.4) is 0 Å². The van der Waals surface area contributed by atoms with Gasteiger partial charge in [-0.25, -0.2) is 9.97 Å². The van der Waals surface area contributed by atoms with Crippen molar-refractivity contribution >= 4 is 59.5 Å². The van der Waals surface area contributed by atoms with Gasteiger partial charge in [-0.2, -0.15) is 0 Å². The molecule has 5 heteroatoms.